The Morgan fingerprint density at radius 2 is 0.757 bits per heavy atom. The highest BCUT2D eigenvalue weighted by Gasteiger charge is 2.61. The first-order chi connectivity index (χ1) is 50.4. The molecule has 0 radical (unpaired) electrons. The molecule has 48 nitrogen and oxygen atoms in total. The number of ether oxygens (including phenoxy) is 15. The average molecular weight is 1570 g/mol. The fourth-order valence-electron chi connectivity index (χ4n) is 13.6. The molecule has 8 saturated heterocycles. The van der Waals surface area contributed by atoms with Gasteiger partial charge in [0, 0.05) is 34.1 Å². The quantitative estimate of drug-likeness (QED) is 0.0331. The molecule has 0 unspecified atom stereocenters. The van der Waals surface area contributed by atoms with E-state index >= 15 is 0 Å². The van der Waals surface area contributed by atoms with E-state index in [0.717, 1.165) is 27.7 Å². The molecule has 0 bridgehead atoms. The van der Waals surface area contributed by atoms with Crippen molar-refractivity contribution in [2.24, 2.45) is 0 Å². The van der Waals surface area contributed by atoms with Gasteiger partial charge in [-0.25, -0.2) is 4.79 Å². The van der Waals surface area contributed by atoms with E-state index in [2.05, 4.69) is 21.3 Å². The maximum absolute atomic E-state index is 13.0. The Hall–Kier alpha value is -4.17. The van der Waals surface area contributed by atoms with Crippen molar-refractivity contribution in [1.29, 1.82) is 0 Å². The van der Waals surface area contributed by atoms with Crippen LogP contribution in [0.1, 0.15) is 34.1 Å². The molecule has 41 atom stereocenters. The molecule has 28 N–H and O–H groups in total. The van der Waals surface area contributed by atoms with Gasteiger partial charge in [-0.3, -0.25) is 19.2 Å². The summed E-state index contributed by atoms with van der Waals surface area (Å²) in [5.41, 5.74) is 0. The minimum absolute atomic E-state index is 0.769. The van der Waals surface area contributed by atoms with Crippen LogP contribution in [0.25, 0.3) is 0 Å². The van der Waals surface area contributed by atoms with E-state index in [4.69, 9.17) is 71.1 Å². The summed E-state index contributed by atoms with van der Waals surface area (Å²) in [6.45, 7) is -5.01. The van der Waals surface area contributed by atoms with Gasteiger partial charge >= 0.3 is 5.97 Å². The lowest BCUT2D eigenvalue weighted by Crippen LogP contribution is -2.71. The van der Waals surface area contributed by atoms with Crippen molar-refractivity contribution in [1.82, 2.24) is 21.3 Å². The molecule has 48 heteroatoms. The summed E-state index contributed by atoms with van der Waals surface area (Å²) >= 11 is 0. The van der Waals surface area contributed by atoms with Crippen LogP contribution in [0.3, 0.4) is 0 Å². The maximum Gasteiger partial charge on any atom is 0.364 e. The fourth-order valence-corrected chi connectivity index (χ4v) is 13.6. The Kier molecular flexibility index (Phi) is 31.5. The van der Waals surface area contributed by atoms with Gasteiger partial charge in [-0.05, 0) is 0 Å². The number of carboxylic acids is 1. The molecule has 0 aromatic rings. The van der Waals surface area contributed by atoms with Gasteiger partial charge < -0.3 is 215 Å². The highest BCUT2D eigenvalue weighted by atomic mass is 16.8. The zero-order chi connectivity index (χ0) is 79.3. The minimum Gasteiger partial charge on any atom is -0.477 e. The third-order valence-electron chi connectivity index (χ3n) is 19.2. The number of rotatable bonds is 29. The summed E-state index contributed by atoms with van der Waals surface area (Å²) in [5, 5.41) is 273. The molecule has 8 fully saturated rings. The number of aliphatic hydroxyl groups is 23. The third-order valence-corrected chi connectivity index (χ3v) is 19.2. The van der Waals surface area contributed by atoms with E-state index in [-0.39, 0.29) is 0 Å². The molecular weight excluding hydrogens is 1470 g/mol. The van der Waals surface area contributed by atoms with Gasteiger partial charge in [-0.15, -0.1) is 0 Å². The fraction of sp³-hybridized carbons (Fsp3) is 0.915. The van der Waals surface area contributed by atoms with E-state index in [1.54, 1.807) is 0 Å². The molecule has 0 spiro atoms. The first kappa shape index (κ1) is 88.4. The van der Waals surface area contributed by atoms with Crippen LogP contribution < -0.4 is 21.3 Å². The van der Waals surface area contributed by atoms with Crippen LogP contribution in [0.5, 0.6) is 0 Å². The van der Waals surface area contributed by atoms with Gasteiger partial charge in [0.1, 0.15) is 189 Å². The number of carbonyl (C=O) groups excluding carboxylic acids is 4. The second-order valence-corrected chi connectivity index (χ2v) is 26.8. The number of aliphatic hydroxyl groups excluding tert-OH is 23. The van der Waals surface area contributed by atoms with E-state index in [9.17, 15) is 147 Å². The highest BCUT2D eigenvalue weighted by Crippen LogP contribution is 2.40. The summed E-state index contributed by atoms with van der Waals surface area (Å²) in [6.07, 6.45) is -77.0. The monoisotopic (exact) mass is 1570 g/mol. The van der Waals surface area contributed by atoms with Gasteiger partial charge in [0.2, 0.25) is 23.6 Å². The average Bonchev–Trinajstić information content (AvgIpc) is 0.766. The third kappa shape index (κ3) is 19.7. The van der Waals surface area contributed by atoms with Crippen LogP contribution >= 0.6 is 0 Å². The number of aliphatic carboxylic acids is 1. The van der Waals surface area contributed by atoms with E-state index in [0.29, 0.717) is 0 Å². The summed E-state index contributed by atoms with van der Waals surface area (Å²) in [5.74, 6) is -8.61. The van der Waals surface area contributed by atoms with E-state index in [1.807, 2.05) is 0 Å². The number of hydrogen-bond acceptors (Lipinski definition) is 43. The van der Waals surface area contributed by atoms with Gasteiger partial charge in [0.25, 0.3) is 5.79 Å². The van der Waals surface area contributed by atoms with Crippen molar-refractivity contribution in [3.63, 3.8) is 0 Å². The molecule has 8 rings (SSSR count). The highest BCUT2D eigenvalue weighted by molar-refractivity contribution is 5.77. The molecule has 0 aliphatic carbocycles. The summed E-state index contributed by atoms with van der Waals surface area (Å²) < 4.78 is 87.5. The SMILES string of the molecule is CC(=O)N[C@@H]1[C@@H](O)[C@H](O[C@H]2O[C@H](CO)[C@@H](O[C@H]3O[C@H](CO[C@@H]4O[C@H](CO)[C@@H](O)[C@H](O)[C@@H]4O)[C@@H](O)[C@H](O[C@H]4O[C@H](CO)[C@@H](O)[C@H](O)[C@@H]4O[C@H]4O[C@H](CO)[C@@H](O[C@@H]5O[C@H](CO[C@]6(C(=O)O)C[C@H](O)[C@@H](NC(C)=O)[C@H]([C@H](O)[C@H](O)CO)O6)[C@H](O)[C@H](O)[C@H]5O)[C@H](O)[C@H]4NC(C)=O)[C@@H]3O)[C@H](O)[C@H]2NC(C)=O)[C@@H](CO)O[C@H]1O. The topological polar surface area (TPSA) is 757 Å². The van der Waals surface area contributed by atoms with Gasteiger partial charge in [-0.1, -0.05) is 0 Å². The lowest BCUT2D eigenvalue weighted by Gasteiger charge is -2.51. The molecule has 8 aliphatic rings. The smallest absolute Gasteiger partial charge is 0.364 e. The summed E-state index contributed by atoms with van der Waals surface area (Å²) in [6, 6.07) is -7.18. The summed E-state index contributed by atoms with van der Waals surface area (Å²) in [4.78, 5) is 62.9. The molecule has 618 valence electrons. The van der Waals surface area contributed by atoms with Gasteiger partial charge in [-0.2, -0.15) is 0 Å². The van der Waals surface area contributed by atoms with Crippen molar-refractivity contribution in [2.45, 2.75) is 285 Å². The number of carbonyl (C=O) groups is 5. The first-order valence-corrected chi connectivity index (χ1v) is 33.7. The van der Waals surface area contributed by atoms with Crippen LogP contribution in [0, 0.1) is 0 Å². The van der Waals surface area contributed by atoms with Crippen molar-refractivity contribution < 1.29 is 218 Å². The molecule has 0 saturated carbocycles. The zero-order valence-corrected chi connectivity index (χ0v) is 57.4. The number of amides is 4. The number of hydrogen-bond donors (Lipinski definition) is 28. The largest absolute Gasteiger partial charge is 0.477 e. The molecule has 0 aromatic carbocycles. The second-order valence-electron chi connectivity index (χ2n) is 26.8. The van der Waals surface area contributed by atoms with Crippen LogP contribution in [-0.2, 0) is 95.0 Å². The Labute approximate surface area is 605 Å². The van der Waals surface area contributed by atoms with E-state index in [1.165, 1.54) is 0 Å². The van der Waals surface area contributed by atoms with Crippen molar-refractivity contribution in [3.8, 4) is 0 Å². The van der Waals surface area contributed by atoms with Crippen LogP contribution in [0.2, 0.25) is 0 Å². The van der Waals surface area contributed by atoms with Gasteiger partial charge in [0.15, 0.2) is 44.0 Å². The van der Waals surface area contributed by atoms with Gasteiger partial charge in [0.05, 0.1) is 65.0 Å². The maximum atomic E-state index is 13.0. The lowest BCUT2D eigenvalue weighted by atomic mass is 9.88. The molecular formula is C59H98N4O44. The number of nitrogens with one attached hydrogen (secondary N) is 4. The van der Waals surface area contributed by atoms with Crippen LogP contribution in [-0.4, -0.2) is 456 Å². The van der Waals surface area contributed by atoms with E-state index < -0.39 is 340 Å². The molecule has 8 aliphatic heterocycles. The molecule has 4 amide bonds. The minimum atomic E-state index is -3.06. The Balaban J connectivity index is 1.06. The predicted octanol–water partition coefficient (Wildman–Crippen LogP) is -18.7. The normalized spacial score (nSPS) is 46.9. The Morgan fingerprint density at radius 3 is 1.23 bits per heavy atom. The Morgan fingerprint density at radius 1 is 0.383 bits per heavy atom. The van der Waals surface area contributed by atoms with Crippen LogP contribution in [0.4, 0.5) is 0 Å². The van der Waals surface area contributed by atoms with Crippen molar-refractivity contribution >= 4 is 29.6 Å². The molecule has 0 aromatic heterocycles. The first-order valence-electron chi connectivity index (χ1n) is 33.7. The number of carboxylic acid groups (broad SMARTS) is 1. The zero-order valence-electron chi connectivity index (χ0n) is 57.4. The second kappa shape index (κ2) is 38.1. The molecule has 8 heterocycles. The van der Waals surface area contributed by atoms with Crippen LogP contribution in [0.15, 0.2) is 0 Å². The molecule has 107 heavy (non-hydrogen) atoms. The van der Waals surface area contributed by atoms with Crippen molar-refractivity contribution in [2.75, 3.05) is 52.9 Å². The standard InChI is InChI=1S/C59H98N4O44/c1-14(70)60-27-18(74)5-59(58(91)92,107-48(27)31(76)19(75)6-64)94-13-26-34(79)40(85)43(88)55(101-26)103-46-23(10-68)99-53(30(38(46)83)63-17(4)73)106-50-41(86)33(78)21(8-66)97-57(50)105-49-35(80)25(12-93-54-42(87)39(84)32(77)20(7-65)96-54)100-56(44(49)89)104-47-24(11-69)98-52(29(37(47)82)62-16(3)72)102-45-22(9-67)95-51(90)28(36(45)81)61-15(2)71/h18-57,64-69,74-90H,5-13H2,1-4H3,(H,60,70)(H,61,71)(H,62,72)(H,63,73)(H,91,92)/t18-,19+,20+,21+,22+,23+,24+,25+,26+,27+,28+,29+,30+,31+,32+,33+,34-,35+,36+,37+,38+,39-,40-,41-,42-,43+,44-,45+,46+,47+,48+,49-,50-,51+,52+,53+,54+,55-,56+,57+,59+/m0/s1. The predicted molar refractivity (Wildman–Crippen MR) is 328 cm³/mol. The van der Waals surface area contributed by atoms with Crippen molar-refractivity contribution in [3.05, 3.63) is 0 Å². The summed E-state index contributed by atoms with van der Waals surface area (Å²) in [7, 11) is 0. The lowest BCUT2D eigenvalue weighted by molar-refractivity contribution is -0.397. The Bertz CT molecular complexity index is 2870.